The number of rotatable bonds is 3. The van der Waals surface area contributed by atoms with Gasteiger partial charge in [-0.3, -0.25) is 4.79 Å². The van der Waals surface area contributed by atoms with E-state index in [4.69, 9.17) is 0 Å². The maximum Gasteiger partial charge on any atom is 0.353 e. The van der Waals surface area contributed by atoms with Gasteiger partial charge in [0.15, 0.2) is 0 Å². The number of hydrogen-bond acceptors (Lipinski definition) is 3. The molecule has 4 heteroatoms. The number of ether oxygens (including phenoxy) is 1. The number of carbonyl (C=O) groups is 2. The summed E-state index contributed by atoms with van der Waals surface area (Å²) in [6.07, 6.45) is 0.360. The van der Waals surface area contributed by atoms with Crippen LogP contribution >= 0.6 is 0 Å². The first-order valence-electron chi connectivity index (χ1n) is 2.19. The Bertz CT molecular complexity index is 141. The molecule has 0 aromatic rings. The van der Waals surface area contributed by atoms with Crippen LogP contribution in [0.2, 0.25) is 0 Å². The molecule has 0 bridgehead atoms. The summed E-state index contributed by atoms with van der Waals surface area (Å²) < 4.78 is 4.20. The fourth-order valence-corrected chi connectivity index (χ4v) is 0.253. The zero-order chi connectivity index (χ0) is 7.28. The van der Waals surface area contributed by atoms with E-state index in [9.17, 15) is 9.59 Å². The van der Waals surface area contributed by atoms with Gasteiger partial charge in [-0.2, -0.15) is 0 Å². The van der Waals surface area contributed by atoms with E-state index < -0.39 is 5.97 Å². The SMILES string of the molecule is C=C(NC=O)C(=O)OC. The maximum atomic E-state index is 10.4. The van der Waals surface area contributed by atoms with Gasteiger partial charge in [0.2, 0.25) is 6.41 Å². The van der Waals surface area contributed by atoms with E-state index >= 15 is 0 Å². The minimum atomic E-state index is -0.637. The number of methoxy groups -OCH3 is 1. The topological polar surface area (TPSA) is 55.4 Å². The van der Waals surface area contributed by atoms with Gasteiger partial charge in [-0.15, -0.1) is 0 Å². The lowest BCUT2D eigenvalue weighted by molar-refractivity contribution is -0.137. The largest absolute Gasteiger partial charge is 0.464 e. The van der Waals surface area contributed by atoms with Crippen LogP contribution in [-0.4, -0.2) is 19.5 Å². The van der Waals surface area contributed by atoms with Gasteiger partial charge in [0, 0.05) is 0 Å². The highest BCUT2D eigenvalue weighted by Gasteiger charge is 2.02. The fourth-order valence-electron chi connectivity index (χ4n) is 0.253. The lowest BCUT2D eigenvalue weighted by Crippen LogP contribution is -2.18. The number of esters is 1. The van der Waals surface area contributed by atoms with Crippen LogP contribution in [0, 0.1) is 0 Å². The van der Waals surface area contributed by atoms with Crippen molar-refractivity contribution in [2.24, 2.45) is 0 Å². The molecule has 0 fully saturated rings. The van der Waals surface area contributed by atoms with Crippen molar-refractivity contribution < 1.29 is 14.3 Å². The highest BCUT2D eigenvalue weighted by molar-refractivity contribution is 5.89. The molecule has 9 heavy (non-hydrogen) atoms. The van der Waals surface area contributed by atoms with E-state index in [2.05, 4.69) is 11.3 Å². The summed E-state index contributed by atoms with van der Waals surface area (Å²) in [7, 11) is 1.21. The number of hydrogen-bond donors (Lipinski definition) is 1. The molecule has 0 radical (unpaired) electrons. The summed E-state index contributed by atoms with van der Waals surface area (Å²) in [5.41, 5.74) is -0.0625. The third kappa shape index (κ3) is 2.48. The number of nitrogens with one attached hydrogen (secondary N) is 1. The Labute approximate surface area is 52.5 Å². The van der Waals surface area contributed by atoms with Crippen LogP contribution < -0.4 is 5.32 Å². The highest BCUT2D eigenvalue weighted by Crippen LogP contribution is 1.83. The summed E-state index contributed by atoms with van der Waals surface area (Å²) in [5.74, 6) is -0.637. The minimum Gasteiger partial charge on any atom is -0.464 e. The van der Waals surface area contributed by atoms with Crippen molar-refractivity contribution in [2.75, 3.05) is 7.11 Å². The molecule has 0 unspecified atom stereocenters. The molecule has 0 saturated carbocycles. The first kappa shape index (κ1) is 7.68. The van der Waals surface area contributed by atoms with Gasteiger partial charge in [-0.1, -0.05) is 6.58 Å². The Hall–Kier alpha value is -1.32. The fraction of sp³-hybridized carbons (Fsp3) is 0.200. The summed E-state index contributed by atoms with van der Waals surface area (Å²) in [6.45, 7) is 3.20. The monoisotopic (exact) mass is 129 g/mol. The molecule has 4 nitrogen and oxygen atoms in total. The molecular formula is C5H7NO3. The second-order valence-electron chi connectivity index (χ2n) is 1.23. The summed E-state index contributed by atoms with van der Waals surface area (Å²) in [6, 6.07) is 0. The predicted molar refractivity (Wildman–Crippen MR) is 30.4 cm³/mol. The second kappa shape index (κ2) is 3.65. The van der Waals surface area contributed by atoms with Crippen LogP contribution in [0.5, 0.6) is 0 Å². The normalized spacial score (nSPS) is 7.67. The Kier molecular flexibility index (Phi) is 3.12. The van der Waals surface area contributed by atoms with Crippen molar-refractivity contribution in [3.63, 3.8) is 0 Å². The molecule has 0 saturated heterocycles. The average molecular weight is 129 g/mol. The van der Waals surface area contributed by atoms with E-state index in [0.717, 1.165) is 0 Å². The van der Waals surface area contributed by atoms with Gasteiger partial charge in [-0.25, -0.2) is 4.79 Å². The second-order valence-corrected chi connectivity index (χ2v) is 1.23. The summed E-state index contributed by atoms with van der Waals surface area (Å²) in [5, 5.41) is 2.05. The quantitative estimate of drug-likeness (QED) is 0.315. The van der Waals surface area contributed by atoms with Crippen LogP contribution in [0.1, 0.15) is 0 Å². The van der Waals surface area contributed by atoms with E-state index in [1.807, 2.05) is 5.32 Å². The Morgan fingerprint density at radius 3 is 2.67 bits per heavy atom. The molecule has 0 heterocycles. The van der Waals surface area contributed by atoms with Crippen LogP contribution in [0.3, 0.4) is 0 Å². The van der Waals surface area contributed by atoms with Crippen LogP contribution in [0.15, 0.2) is 12.3 Å². The van der Waals surface area contributed by atoms with Gasteiger partial charge in [0.1, 0.15) is 5.70 Å². The molecule has 0 aliphatic carbocycles. The molecule has 0 aromatic carbocycles. The van der Waals surface area contributed by atoms with E-state index in [1.165, 1.54) is 7.11 Å². The number of amides is 1. The highest BCUT2D eigenvalue weighted by atomic mass is 16.5. The third-order valence-electron chi connectivity index (χ3n) is 0.665. The Morgan fingerprint density at radius 1 is 1.78 bits per heavy atom. The molecule has 0 aliphatic rings. The Balaban J connectivity index is 3.73. The van der Waals surface area contributed by atoms with Gasteiger partial charge in [0.25, 0.3) is 0 Å². The molecular weight excluding hydrogens is 122 g/mol. The van der Waals surface area contributed by atoms with Crippen molar-refractivity contribution in [1.82, 2.24) is 5.32 Å². The van der Waals surface area contributed by atoms with Crippen molar-refractivity contribution in [2.45, 2.75) is 0 Å². The van der Waals surface area contributed by atoms with Crippen LogP contribution in [0.4, 0.5) is 0 Å². The van der Waals surface area contributed by atoms with Gasteiger partial charge < -0.3 is 10.1 Å². The zero-order valence-electron chi connectivity index (χ0n) is 5.01. The van der Waals surface area contributed by atoms with Crippen molar-refractivity contribution >= 4 is 12.4 Å². The van der Waals surface area contributed by atoms with Crippen molar-refractivity contribution in [1.29, 1.82) is 0 Å². The average Bonchev–Trinajstić information content (AvgIpc) is 1.87. The lowest BCUT2D eigenvalue weighted by atomic mass is 10.5. The molecule has 0 atom stereocenters. The first-order valence-corrected chi connectivity index (χ1v) is 2.19. The Morgan fingerprint density at radius 2 is 2.33 bits per heavy atom. The molecule has 1 amide bonds. The third-order valence-corrected chi connectivity index (χ3v) is 0.665. The summed E-state index contributed by atoms with van der Waals surface area (Å²) >= 11 is 0. The van der Waals surface area contributed by atoms with Gasteiger partial charge >= 0.3 is 5.97 Å². The first-order chi connectivity index (χ1) is 4.22. The van der Waals surface area contributed by atoms with Crippen molar-refractivity contribution in [3.8, 4) is 0 Å². The number of carbonyl (C=O) groups excluding carboxylic acids is 2. The maximum absolute atomic E-state index is 10.4. The van der Waals surface area contributed by atoms with Gasteiger partial charge in [-0.05, 0) is 0 Å². The predicted octanol–water partition coefficient (Wildman–Crippen LogP) is -0.581. The van der Waals surface area contributed by atoms with E-state index in [1.54, 1.807) is 0 Å². The standard InChI is InChI=1S/C5H7NO3/c1-4(6-3-7)5(8)9-2/h3H,1H2,2H3,(H,6,7). The smallest absolute Gasteiger partial charge is 0.353 e. The lowest BCUT2D eigenvalue weighted by Gasteiger charge is -1.97. The molecule has 0 aliphatic heterocycles. The summed E-state index contributed by atoms with van der Waals surface area (Å²) in [4.78, 5) is 20.0. The van der Waals surface area contributed by atoms with E-state index in [-0.39, 0.29) is 5.70 Å². The van der Waals surface area contributed by atoms with Crippen molar-refractivity contribution in [3.05, 3.63) is 12.3 Å². The molecule has 0 spiro atoms. The zero-order valence-corrected chi connectivity index (χ0v) is 5.01. The molecule has 0 rings (SSSR count). The molecule has 50 valence electrons. The molecule has 1 N–H and O–H groups in total. The van der Waals surface area contributed by atoms with Crippen LogP contribution in [-0.2, 0) is 14.3 Å². The van der Waals surface area contributed by atoms with E-state index in [0.29, 0.717) is 6.41 Å². The minimum absolute atomic E-state index is 0.0625. The van der Waals surface area contributed by atoms with Gasteiger partial charge in [0.05, 0.1) is 7.11 Å². The molecule has 0 aromatic heterocycles. The van der Waals surface area contributed by atoms with Crippen LogP contribution in [0.25, 0.3) is 0 Å².